The number of unbranched alkanes of at least 4 members (excludes halogenated alkanes) is 1. The Balaban J connectivity index is 2.17. The lowest BCUT2D eigenvalue weighted by molar-refractivity contribution is -0.124. The van der Waals surface area contributed by atoms with Crippen LogP contribution in [0.2, 0.25) is 0 Å². The molecule has 0 spiro atoms. The Labute approximate surface area is 112 Å². The van der Waals surface area contributed by atoms with E-state index in [1.807, 2.05) is 30.3 Å². The number of hydrogen-bond donors (Lipinski definition) is 1. The third kappa shape index (κ3) is 7.06. The maximum Gasteiger partial charge on any atom is 0.401 e. The minimum atomic E-state index is -4.11. The number of halogens is 3. The van der Waals surface area contributed by atoms with E-state index in [0.29, 0.717) is 6.54 Å². The van der Waals surface area contributed by atoms with Crippen LogP contribution in [-0.2, 0) is 0 Å². The van der Waals surface area contributed by atoms with Crippen molar-refractivity contribution in [2.75, 3.05) is 31.1 Å². The fraction of sp³-hybridized carbons (Fsp3) is 0.571. The lowest BCUT2D eigenvalue weighted by atomic mass is 10.2. The zero-order valence-corrected chi connectivity index (χ0v) is 11.2. The molecule has 19 heavy (non-hydrogen) atoms. The predicted molar refractivity (Wildman–Crippen MR) is 72.5 cm³/mol. The fourth-order valence-corrected chi connectivity index (χ4v) is 1.89. The molecule has 0 aromatic heterocycles. The van der Waals surface area contributed by atoms with Gasteiger partial charge in [-0.2, -0.15) is 13.2 Å². The van der Waals surface area contributed by atoms with Gasteiger partial charge in [-0.1, -0.05) is 18.2 Å². The number of anilines is 1. The molecule has 0 saturated heterocycles. The highest BCUT2D eigenvalue weighted by molar-refractivity contribution is 5.45. The van der Waals surface area contributed by atoms with Crippen LogP contribution in [0.4, 0.5) is 18.9 Å². The SMILES string of the molecule is CCN(CCCCNCC(F)(F)F)c1ccccc1. The van der Waals surface area contributed by atoms with Crippen LogP contribution in [-0.4, -0.2) is 32.4 Å². The first kappa shape index (κ1) is 15.8. The molecule has 108 valence electrons. The summed E-state index contributed by atoms with van der Waals surface area (Å²) in [6.07, 6.45) is -2.48. The molecule has 0 unspecified atom stereocenters. The van der Waals surface area contributed by atoms with E-state index in [2.05, 4.69) is 17.1 Å². The lowest BCUT2D eigenvalue weighted by Gasteiger charge is -2.23. The van der Waals surface area contributed by atoms with Crippen molar-refractivity contribution in [2.24, 2.45) is 0 Å². The summed E-state index contributed by atoms with van der Waals surface area (Å²) in [5, 5.41) is 2.41. The van der Waals surface area contributed by atoms with Crippen molar-refractivity contribution in [1.82, 2.24) is 5.32 Å². The Bertz CT molecular complexity index is 338. The monoisotopic (exact) mass is 274 g/mol. The van der Waals surface area contributed by atoms with E-state index < -0.39 is 12.7 Å². The summed E-state index contributed by atoms with van der Waals surface area (Å²) in [7, 11) is 0. The van der Waals surface area contributed by atoms with Gasteiger partial charge in [0.2, 0.25) is 0 Å². The predicted octanol–water partition coefficient (Wildman–Crippen LogP) is 3.45. The van der Waals surface area contributed by atoms with Crippen molar-refractivity contribution < 1.29 is 13.2 Å². The molecule has 0 atom stereocenters. The smallest absolute Gasteiger partial charge is 0.372 e. The number of alkyl halides is 3. The van der Waals surface area contributed by atoms with E-state index in [0.717, 1.165) is 31.6 Å². The molecule has 1 aromatic rings. The Morgan fingerprint density at radius 2 is 1.79 bits per heavy atom. The van der Waals surface area contributed by atoms with Crippen LogP contribution in [0.15, 0.2) is 30.3 Å². The maximum absolute atomic E-state index is 11.9. The Morgan fingerprint density at radius 1 is 1.11 bits per heavy atom. The summed E-state index contributed by atoms with van der Waals surface area (Å²) in [5.74, 6) is 0. The summed E-state index contributed by atoms with van der Waals surface area (Å²) < 4.78 is 35.7. The second-order valence-corrected chi connectivity index (χ2v) is 4.41. The molecular weight excluding hydrogens is 253 g/mol. The zero-order valence-electron chi connectivity index (χ0n) is 11.2. The fourth-order valence-electron chi connectivity index (χ4n) is 1.89. The first-order valence-corrected chi connectivity index (χ1v) is 6.60. The molecule has 1 rings (SSSR count). The van der Waals surface area contributed by atoms with Gasteiger partial charge in [-0.05, 0) is 38.4 Å². The average Bonchev–Trinajstić information content (AvgIpc) is 2.38. The van der Waals surface area contributed by atoms with Crippen molar-refractivity contribution >= 4 is 5.69 Å². The van der Waals surface area contributed by atoms with Crippen molar-refractivity contribution in [1.29, 1.82) is 0 Å². The van der Waals surface area contributed by atoms with E-state index in [1.165, 1.54) is 0 Å². The van der Waals surface area contributed by atoms with Gasteiger partial charge in [0.1, 0.15) is 0 Å². The van der Waals surface area contributed by atoms with Gasteiger partial charge in [0.15, 0.2) is 0 Å². The molecule has 0 aliphatic carbocycles. The van der Waals surface area contributed by atoms with Crippen molar-refractivity contribution in [2.45, 2.75) is 25.9 Å². The van der Waals surface area contributed by atoms with E-state index in [-0.39, 0.29) is 0 Å². The van der Waals surface area contributed by atoms with Crippen LogP contribution in [0.3, 0.4) is 0 Å². The van der Waals surface area contributed by atoms with Gasteiger partial charge in [-0.3, -0.25) is 0 Å². The number of nitrogens with one attached hydrogen (secondary N) is 1. The molecule has 1 N–H and O–H groups in total. The molecule has 0 radical (unpaired) electrons. The quantitative estimate of drug-likeness (QED) is 0.730. The van der Waals surface area contributed by atoms with Crippen LogP contribution in [0.25, 0.3) is 0 Å². The first-order valence-electron chi connectivity index (χ1n) is 6.60. The van der Waals surface area contributed by atoms with Crippen molar-refractivity contribution in [3.05, 3.63) is 30.3 Å². The minimum Gasteiger partial charge on any atom is -0.372 e. The van der Waals surface area contributed by atoms with Gasteiger partial charge < -0.3 is 10.2 Å². The van der Waals surface area contributed by atoms with Gasteiger partial charge in [0.25, 0.3) is 0 Å². The summed E-state index contributed by atoms with van der Waals surface area (Å²) in [5.41, 5.74) is 1.16. The second kappa shape index (κ2) is 8.04. The Morgan fingerprint density at radius 3 is 2.37 bits per heavy atom. The van der Waals surface area contributed by atoms with Crippen LogP contribution in [0.1, 0.15) is 19.8 Å². The van der Waals surface area contributed by atoms with Gasteiger partial charge >= 0.3 is 6.18 Å². The number of nitrogens with zero attached hydrogens (tertiary/aromatic N) is 1. The Kier molecular flexibility index (Phi) is 6.70. The third-order valence-electron chi connectivity index (χ3n) is 2.86. The maximum atomic E-state index is 11.9. The topological polar surface area (TPSA) is 15.3 Å². The number of hydrogen-bond acceptors (Lipinski definition) is 2. The summed E-state index contributed by atoms with van der Waals surface area (Å²) >= 11 is 0. The molecule has 0 fully saturated rings. The number of benzene rings is 1. The van der Waals surface area contributed by atoms with Gasteiger partial charge in [0.05, 0.1) is 6.54 Å². The van der Waals surface area contributed by atoms with Crippen LogP contribution < -0.4 is 10.2 Å². The average molecular weight is 274 g/mol. The lowest BCUT2D eigenvalue weighted by Crippen LogP contribution is -2.30. The summed E-state index contributed by atoms with van der Waals surface area (Å²) in [6.45, 7) is 3.36. The summed E-state index contributed by atoms with van der Waals surface area (Å²) in [6, 6.07) is 10.0. The molecular formula is C14H21F3N2. The van der Waals surface area contributed by atoms with E-state index in [4.69, 9.17) is 0 Å². The van der Waals surface area contributed by atoms with Crippen LogP contribution >= 0.6 is 0 Å². The second-order valence-electron chi connectivity index (χ2n) is 4.41. The van der Waals surface area contributed by atoms with Crippen molar-refractivity contribution in [3.8, 4) is 0 Å². The molecule has 2 nitrogen and oxygen atoms in total. The Hall–Kier alpha value is -1.23. The highest BCUT2D eigenvalue weighted by atomic mass is 19.4. The highest BCUT2D eigenvalue weighted by Gasteiger charge is 2.25. The zero-order chi connectivity index (χ0) is 14.1. The number of rotatable bonds is 8. The van der Waals surface area contributed by atoms with Gasteiger partial charge in [-0.15, -0.1) is 0 Å². The number of para-hydroxylation sites is 1. The van der Waals surface area contributed by atoms with Crippen LogP contribution in [0.5, 0.6) is 0 Å². The van der Waals surface area contributed by atoms with E-state index in [1.54, 1.807) is 0 Å². The molecule has 0 aliphatic rings. The van der Waals surface area contributed by atoms with Gasteiger partial charge in [0, 0.05) is 18.8 Å². The first-order chi connectivity index (χ1) is 9.03. The molecule has 0 bridgehead atoms. The van der Waals surface area contributed by atoms with E-state index >= 15 is 0 Å². The normalized spacial score (nSPS) is 11.6. The van der Waals surface area contributed by atoms with E-state index in [9.17, 15) is 13.2 Å². The molecule has 0 heterocycles. The van der Waals surface area contributed by atoms with Gasteiger partial charge in [-0.25, -0.2) is 0 Å². The molecule has 0 aliphatic heterocycles. The molecule has 1 aromatic carbocycles. The van der Waals surface area contributed by atoms with Crippen LogP contribution in [0, 0.1) is 0 Å². The minimum absolute atomic E-state index is 0.409. The standard InChI is InChI=1S/C14H21F3N2/c1-2-19(13-8-4-3-5-9-13)11-7-6-10-18-12-14(15,16)17/h3-5,8-9,18H,2,6-7,10-12H2,1H3. The molecule has 5 heteroatoms. The third-order valence-corrected chi connectivity index (χ3v) is 2.86. The molecule has 0 amide bonds. The van der Waals surface area contributed by atoms with Crippen molar-refractivity contribution in [3.63, 3.8) is 0 Å². The largest absolute Gasteiger partial charge is 0.401 e. The molecule has 0 saturated carbocycles. The highest BCUT2D eigenvalue weighted by Crippen LogP contribution is 2.14. The summed E-state index contributed by atoms with van der Waals surface area (Å²) in [4.78, 5) is 2.23.